The number of carboxylic acids is 1. The van der Waals surface area contributed by atoms with Gasteiger partial charge in [-0.05, 0) is 54.5 Å². The lowest BCUT2D eigenvalue weighted by atomic mass is 9.79. The van der Waals surface area contributed by atoms with E-state index in [0.717, 1.165) is 23.1 Å². The third-order valence-electron chi connectivity index (χ3n) is 5.65. The lowest BCUT2D eigenvalue weighted by molar-refractivity contribution is -0.143. The van der Waals surface area contributed by atoms with Crippen molar-refractivity contribution in [2.75, 3.05) is 0 Å². The monoisotopic (exact) mass is 476 g/mol. The molecular weight excluding hydrogens is 452 g/mol. The highest BCUT2D eigenvalue weighted by molar-refractivity contribution is 7.79. The molecule has 0 saturated heterocycles. The van der Waals surface area contributed by atoms with Crippen LogP contribution >= 0.6 is 11.3 Å². The molecule has 0 saturated carbocycles. The van der Waals surface area contributed by atoms with Crippen LogP contribution in [0.25, 0.3) is 21.1 Å². The van der Waals surface area contributed by atoms with Gasteiger partial charge in [0.05, 0.1) is 29.3 Å². The van der Waals surface area contributed by atoms with E-state index in [9.17, 15) is 9.90 Å². The molecule has 10 heteroatoms. The number of imidazole rings is 1. The Bertz CT molecular complexity index is 1380. The molecule has 2 aromatic carbocycles. The van der Waals surface area contributed by atoms with Crippen LogP contribution in [0, 0.1) is 6.92 Å². The smallest absolute Gasteiger partial charge is 0.394 e. The SMILES string of the molecule is CCC(C)(C(=O)O)c1cccc2c1ncn2Cc1csc2cccc(C)c12.O=S(=O)(O)O. The minimum atomic E-state index is -4.67. The van der Waals surface area contributed by atoms with Gasteiger partial charge in [0.15, 0.2) is 0 Å². The maximum Gasteiger partial charge on any atom is 0.394 e. The van der Waals surface area contributed by atoms with Gasteiger partial charge in [-0.3, -0.25) is 13.9 Å². The Balaban J connectivity index is 0.000000523. The van der Waals surface area contributed by atoms with E-state index in [1.54, 1.807) is 18.3 Å². The maximum atomic E-state index is 11.9. The summed E-state index contributed by atoms with van der Waals surface area (Å²) in [6, 6.07) is 12.2. The van der Waals surface area contributed by atoms with Crippen LogP contribution in [0.2, 0.25) is 0 Å². The summed E-state index contributed by atoms with van der Waals surface area (Å²) in [5.74, 6) is -0.813. The number of aryl methyl sites for hydroxylation is 1. The Morgan fingerprint density at radius 2 is 1.84 bits per heavy atom. The third-order valence-corrected chi connectivity index (χ3v) is 6.64. The van der Waals surface area contributed by atoms with Crippen molar-refractivity contribution >= 4 is 48.8 Å². The summed E-state index contributed by atoms with van der Waals surface area (Å²) in [5, 5.41) is 13.3. The first kappa shape index (κ1) is 23.9. The lowest BCUT2D eigenvalue weighted by Crippen LogP contribution is -2.31. The van der Waals surface area contributed by atoms with Crippen molar-refractivity contribution < 1.29 is 27.4 Å². The van der Waals surface area contributed by atoms with Crippen LogP contribution in [0.5, 0.6) is 0 Å². The molecule has 0 spiro atoms. The number of nitrogens with zero attached hydrogens (tertiary/aromatic N) is 2. The number of carbonyl (C=O) groups is 1. The standard InChI is InChI=1S/C22H22N2O2S.H2O4S/c1-4-22(3,21(25)26)16-8-6-9-17-20(16)23-13-24(17)11-15-12-27-18-10-5-7-14(2)19(15)18;1-5(2,3)4/h5-10,12-13H,4,11H2,1-3H3,(H,25,26);(H2,1,2,3,4). The fourth-order valence-corrected chi connectivity index (χ4v) is 4.79. The van der Waals surface area contributed by atoms with Gasteiger partial charge in [0.25, 0.3) is 0 Å². The lowest BCUT2D eigenvalue weighted by Gasteiger charge is -2.23. The van der Waals surface area contributed by atoms with Crippen LogP contribution in [-0.2, 0) is 27.2 Å². The number of thiophene rings is 1. The van der Waals surface area contributed by atoms with Crippen molar-refractivity contribution in [1.82, 2.24) is 9.55 Å². The first-order valence-electron chi connectivity index (χ1n) is 9.79. The van der Waals surface area contributed by atoms with Gasteiger partial charge in [-0.1, -0.05) is 31.2 Å². The number of benzene rings is 2. The average molecular weight is 477 g/mol. The molecule has 0 radical (unpaired) electrons. The number of rotatable bonds is 5. The van der Waals surface area contributed by atoms with Crippen molar-refractivity contribution in [3.63, 3.8) is 0 Å². The number of aliphatic carboxylic acids is 1. The number of fused-ring (bicyclic) bond motifs is 2. The number of para-hydroxylation sites is 1. The zero-order valence-corrected chi connectivity index (χ0v) is 19.4. The van der Waals surface area contributed by atoms with Crippen LogP contribution in [0.4, 0.5) is 0 Å². The zero-order valence-electron chi connectivity index (χ0n) is 17.8. The van der Waals surface area contributed by atoms with Crippen molar-refractivity contribution in [1.29, 1.82) is 0 Å². The molecule has 0 aliphatic carbocycles. The Hall–Kier alpha value is -2.79. The fourth-order valence-electron chi connectivity index (χ4n) is 3.76. The molecule has 3 N–H and O–H groups in total. The second-order valence-corrected chi connectivity index (χ2v) is 9.50. The molecule has 170 valence electrons. The molecule has 0 amide bonds. The van der Waals surface area contributed by atoms with Gasteiger partial charge in [0.1, 0.15) is 0 Å². The molecule has 2 heterocycles. The van der Waals surface area contributed by atoms with Gasteiger partial charge in [-0.25, -0.2) is 4.98 Å². The molecule has 0 aliphatic rings. The van der Waals surface area contributed by atoms with Gasteiger partial charge >= 0.3 is 16.4 Å². The zero-order chi connectivity index (χ0) is 23.7. The van der Waals surface area contributed by atoms with E-state index in [1.165, 1.54) is 21.2 Å². The maximum absolute atomic E-state index is 11.9. The normalized spacial score (nSPS) is 13.5. The number of carboxylic acid groups (broad SMARTS) is 1. The van der Waals surface area contributed by atoms with E-state index in [-0.39, 0.29) is 0 Å². The highest BCUT2D eigenvalue weighted by Gasteiger charge is 2.35. The number of hydrogen-bond donors (Lipinski definition) is 3. The average Bonchev–Trinajstić information content (AvgIpc) is 3.31. The Labute approximate surface area is 189 Å². The van der Waals surface area contributed by atoms with Crippen LogP contribution in [0.3, 0.4) is 0 Å². The molecule has 8 nitrogen and oxygen atoms in total. The highest BCUT2D eigenvalue weighted by atomic mass is 32.3. The van der Waals surface area contributed by atoms with Crippen molar-refractivity contribution in [3.05, 3.63) is 64.8 Å². The van der Waals surface area contributed by atoms with Gasteiger partial charge < -0.3 is 9.67 Å². The van der Waals surface area contributed by atoms with E-state index in [4.69, 9.17) is 17.5 Å². The molecule has 0 bridgehead atoms. The first-order chi connectivity index (χ1) is 15.0. The molecule has 0 aliphatic heterocycles. The first-order valence-corrected chi connectivity index (χ1v) is 12.1. The Morgan fingerprint density at radius 3 is 2.47 bits per heavy atom. The minimum Gasteiger partial charge on any atom is -0.481 e. The van der Waals surface area contributed by atoms with Gasteiger partial charge in [0, 0.05) is 10.1 Å². The summed E-state index contributed by atoms with van der Waals surface area (Å²) < 4.78 is 35.0. The van der Waals surface area contributed by atoms with Crippen LogP contribution in [0.1, 0.15) is 37.0 Å². The molecule has 4 aromatic rings. The molecule has 0 fully saturated rings. The molecule has 1 atom stereocenters. The van der Waals surface area contributed by atoms with Crippen LogP contribution in [0.15, 0.2) is 48.1 Å². The van der Waals surface area contributed by atoms with Crippen LogP contribution < -0.4 is 0 Å². The van der Waals surface area contributed by atoms with E-state index < -0.39 is 21.8 Å². The third kappa shape index (κ3) is 4.83. The van der Waals surface area contributed by atoms with Gasteiger partial charge in [-0.2, -0.15) is 8.42 Å². The van der Waals surface area contributed by atoms with Crippen molar-refractivity contribution in [2.24, 2.45) is 0 Å². The molecule has 1 unspecified atom stereocenters. The minimum absolute atomic E-state index is 0.517. The van der Waals surface area contributed by atoms with E-state index in [2.05, 4.69) is 40.1 Å². The van der Waals surface area contributed by atoms with E-state index in [0.29, 0.717) is 6.42 Å². The summed E-state index contributed by atoms with van der Waals surface area (Å²) >= 11 is 1.76. The topological polar surface area (TPSA) is 130 Å². The molecule has 4 rings (SSSR count). The van der Waals surface area contributed by atoms with Crippen molar-refractivity contribution in [3.8, 4) is 0 Å². The fraction of sp³-hybridized carbons (Fsp3) is 0.273. The van der Waals surface area contributed by atoms with E-state index in [1.807, 2.05) is 31.5 Å². The predicted octanol–water partition coefficient (Wildman–Crippen LogP) is 4.71. The summed E-state index contributed by atoms with van der Waals surface area (Å²) in [6.45, 7) is 6.55. The second kappa shape index (κ2) is 8.99. The number of aromatic nitrogens is 2. The summed E-state index contributed by atoms with van der Waals surface area (Å²) in [7, 11) is -4.67. The Kier molecular flexibility index (Phi) is 6.70. The quantitative estimate of drug-likeness (QED) is 0.356. The molecule has 32 heavy (non-hydrogen) atoms. The van der Waals surface area contributed by atoms with Crippen LogP contribution in [-0.4, -0.2) is 38.2 Å². The summed E-state index contributed by atoms with van der Waals surface area (Å²) in [5.41, 5.74) is 4.14. The molecular formula is C22H24N2O6S2. The predicted molar refractivity (Wildman–Crippen MR) is 125 cm³/mol. The second-order valence-electron chi connectivity index (χ2n) is 7.69. The van der Waals surface area contributed by atoms with Gasteiger partial charge in [0.2, 0.25) is 0 Å². The van der Waals surface area contributed by atoms with Gasteiger partial charge in [-0.15, -0.1) is 11.3 Å². The van der Waals surface area contributed by atoms with Crippen molar-refractivity contribution in [2.45, 2.75) is 39.2 Å². The summed E-state index contributed by atoms with van der Waals surface area (Å²) in [4.78, 5) is 16.5. The molecule has 2 aromatic heterocycles. The Morgan fingerprint density at radius 1 is 1.19 bits per heavy atom. The largest absolute Gasteiger partial charge is 0.481 e. The summed E-state index contributed by atoms with van der Waals surface area (Å²) in [6.07, 6.45) is 2.34. The highest BCUT2D eigenvalue weighted by Crippen LogP contribution is 2.34. The van der Waals surface area contributed by atoms with E-state index >= 15 is 0 Å². The number of hydrogen-bond acceptors (Lipinski definition) is 5.